The minimum atomic E-state index is -0.140. The fourth-order valence-corrected chi connectivity index (χ4v) is 1.69. The van der Waals surface area contributed by atoms with Gasteiger partial charge in [-0.3, -0.25) is 4.79 Å². The first-order chi connectivity index (χ1) is 9.02. The van der Waals surface area contributed by atoms with E-state index >= 15 is 0 Å². The molecule has 0 aliphatic rings. The average Bonchev–Trinajstić information content (AvgIpc) is 2.34. The van der Waals surface area contributed by atoms with Crippen LogP contribution in [0.25, 0.3) is 0 Å². The van der Waals surface area contributed by atoms with Gasteiger partial charge in [0.1, 0.15) is 5.82 Å². The quantitative estimate of drug-likeness (QED) is 0.737. The van der Waals surface area contributed by atoms with Crippen LogP contribution in [0.3, 0.4) is 0 Å². The normalized spacial score (nSPS) is 10.7. The van der Waals surface area contributed by atoms with E-state index in [1.807, 2.05) is 13.8 Å². The van der Waals surface area contributed by atoms with Crippen LogP contribution in [-0.2, 0) is 11.2 Å². The van der Waals surface area contributed by atoms with Gasteiger partial charge in [-0.05, 0) is 32.4 Å². The molecule has 1 rings (SSSR count). The Bertz CT molecular complexity index is 419. The van der Waals surface area contributed by atoms with Crippen LogP contribution in [0.5, 0.6) is 0 Å². The van der Waals surface area contributed by atoms with Crippen molar-refractivity contribution in [1.82, 2.24) is 10.3 Å². The van der Waals surface area contributed by atoms with Gasteiger partial charge in [-0.2, -0.15) is 0 Å². The van der Waals surface area contributed by atoms with E-state index in [9.17, 15) is 4.79 Å². The molecule has 5 heteroatoms. The van der Waals surface area contributed by atoms with Crippen LogP contribution in [0.15, 0.2) is 12.1 Å². The predicted octanol–water partition coefficient (Wildman–Crippen LogP) is 1.77. The number of anilines is 1. The molecule has 0 aliphatic carbocycles. The molecule has 0 unspecified atom stereocenters. The predicted molar refractivity (Wildman–Crippen MR) is 76.1 cm³/mol. The minimum absolute atomic E-state index is 0.140. The molecule has 0 fully saturated rings. The first-order valence-corrected chi connectivity index (χ1v) is 6.69. The lowest BCUT2D eigenvalue weighted by molar-refractivity contribution is 0.0746. The van der Waals surface area contributed by atoms with Crippen molar-refractivity contribution in [1.29, 1.82) is 0 Å². The topological polar surface area (TPSA) is 77.2 Å². The van der Waals surface area contributed by atoms with E-state index in [0.717, 1.165) is 18.5 Å². The first-order valence-electron chi connectivity index (χ1n) is 6.69. The zero-order chi connectivity index (χ0) is 14.3. The Morgan fingerprint density at radius 1 is 1.47 bits per heavy atom. The number of hydrogen-bond acceptors (Lipinski definition) is 4. The molecule has 1 amide bonds. The molecule has 0 spiro atoms. The Morgan fingerprint density at radius 2 is 2.21 bits per heavy atom. The third kappa shape index (κ3) is 5.70. The molecule has 5 nitrogen and oxygen atoms in total. The number of ether oxygens (including phenoxy) is 1. The summed E-state index contributed by atoms with van der Waals surface area (Å²) in [6, 6.07) is 3.39. The Morgan fingerprint density at radius 3 is 2.84 bits per heavy atom. The fraction of sp³-hybridized carbons (Fsp3) is 0.571. The van der Waals surface area contributed by atoms with E-state index in [2.05, 4.69) is 17.2 Å². The summed E-state index contributed by atoms with van der Waals surface area (Å²) in [4.78, 5) is 16.1. The van der Waals surface area contributed by atoms with Gasteiger partial charge in [0.25, 0.3) is 5.91 Å². The van der Waals surface area contributed by atoms with Gasteiger partial charge in [-0.25, -0.2) is 4.98 Å². The van der Waals surface area contributed by atoms with Crippen LogP contribution in [-0.4, -0.2) is 30.1 Å². The number of nitrogens with two attached hydrogens (primary N) is 1. The molecule has 1 aromatic heterocycles. The SMILES string of the molecule is CCCc1cc(C(=O)NCCOC(C)C)cc(N)n1. The highest BCUT2D eigenvalue weighted by Crippen LogP contribution is 2.09. The fourth-order valence-electron chi connectivity index (χ4n) is 1.69. The third-order valence-corrected chi connectivity index (χ3v) is 2.51. The van der Waals surface area contributed by atoms with Gasteiger partial charge < -0.3 is 15.8 Å². The number of amides is 1. The number of aromatic nitrogens is 1. The van der Waals surface area contributed by atoms with Crippen LogP contribution in [0.1, 0.15) is 43.2 Å². The van der Waals surface area contributed by atoms with Crippen molar-refractivity contribution >= 4 is 11.7 Å². The monoisotopic (exact) mass is 265 g/mol. The van der Waals surface area contributed by atoms with Crippen molar-refractivity contribution in [3.63, 3.8) is 0 Å². The van der Waals surface area contributed by atoms with Gasteiger partial charge in [-0.1, -0.05) is 13.3 Å². The molecule has 19 heavy (non-hydrogen) atoms. The molecule has 106 valence electrons. The number of pyridine rings is 1. The Kier molecular flexibility index (Phi) is 6.29. The molecule has 1 aromatic rings. The van der Waals surface area contributed by atoms with E-state index < -0.39 is 0 Å². The van der Waals surface area contributed by atoms with Crippen molar-refractivity contribution in [2.45, 2.75) is 39.7 Å². The smallest absolute Gasteiger partial charge is 0.251 e. The van der Waals surface area contributed by atoms with Crippen molar-refractivity contribution in [3.05, 3.63) is 23.4 Å². The van der Waals surface area contributed by atoms with Crippen LogP contribution >= 0.6 is 0 Å². The van der Waals surface area contributed by atoms with Gasteiger partial charge in [0, 0.05) is 17.8 Å². The summed E-state index contributed by atoms with van der Waals surface area (Å²) in [5, 5.41) is 2.80. The number of aryl methyl sites for hydroxylation is 1. The Balaban J connectivity index is 2.56. The molecule has 0 aliphatic heterocycles. The third-order valence-electron chi connectivity index (χ3n) is 2.51. The van der Waals surface area contributed by atoms with E-state index in [4.69, 9.17) is 10.5 Å². The van der Waals surface area contributed by atoms with E-state index in [1.165, 1.54) is 0 Å². The highest BCUT2D eigenvalue weighted by molar-refractivity contribution is 5.94. The standard InChI is InChI=1S/C14H23N3O2/c1-4-5-12-8-11(9-13(15)17-12)14(18)16-6-7-19-10(2)3/h8-10H,4-7H2,1-3H3,(H2,15,17)(H,16,18). The maximum absolute atomic E-state index is 11.9. The van der Waals surface area contributed by atoms with Gasteiger partial charge in [-0.15, -0.1) is 0 Å². The second kappa shape index (κ2) is 7.74. The zero-order valence-corrected chi connectivity index (χ0v) is 11.9. The van der Waals surface area contributed by atoms with Gasteiger partial charge >= 0.3 is 0 Å². The van der Waals surface area contributed by atoms with Gasteiger partial charge in [0.15, 0.2) is 0 Å². The maximum Gasteiger partial charge on any atom is 0.251 e. The molecule has 0 radical (unpaired) electrons. The average molecular weight is 265 g/mol. The van der Waals surface area contributed by atoms with Gasteiger partial charge in [0.2, 0.25) is 0 Å². The van der Waals surface area contributed by atoms with E-state index in [0.29, 0.717) is 24.5 Å². The molecular formula is C14H23N3O2. The number of nitrogen functional groups attached to an aromatic ring is 1. The second-order valence-electron chi connectivity index (χ2n) is 4.70. The summed E-state index contributed by atoms with van der Waals surface area (Å²) in [5.74, 6) is 0.244. The Hall–Kier alpha value is -1.62. The summed E-state index contributed by atoms with van der Waals surface area (Å²) >= 11 is 0. The molecular weight excluding hydrogens is 242 g/mol. The number of rotatable bonds is 7. The van der Waals surface area contributed by atoms with Crippen molar-refractivity contribution < 1.29 is 9.53 Å². The van der Waals surface area contributed by atoms with Crippen molar-refractivity contribution in [2.24, 2.45) is 0 Å². The van der Waals surface area contributed by atoms with Crippen molar-refractivity contribution in [3.8, 4) is 0 Å². The molecule has 3 N–H and O–H groups in total. The first kappa shape index (κ1) is 15.4. The highest BCUT2D eigenvalue weighted by Gasteiger charge is 2.08. The van der Waals surface area contributed by atoms with Crippen molar-refractivity contribution in [2.75, 3.05) is 18.9 Å². The lowest BCUT2D eigenvalue weighted by Crippen LogP contribution is -2.28. The number of nitrogens with one attached hydrogen (secondary N) is 1. The maximum atomic E-state index is 11.9. The van der Waals surface area contributed by atoms with E-state index in [-0.39, 0.29) is 12.0 Å². The summed E-state index contributed by atoms with van der Waals surface area (Å²) in [5.41, 5.74) is 7.12. The number of hydrogen-bond donors (Lipinski definition) is 2. The molecule has 0 aromatic carbocycles. The number of carbonyl (C=O) groups excluding carboxylic acids is 1. The Labute approximate surface area is 114 Å². The molecule has 0 bridgehead atoms. The summed E-state index contributed by atoms with van der Waals surface area (Å²) < 4.78 is 5.36. The van der Waals surface area contributed by atoms with Crippen LogP contribution in [0.4, 0.5) is 5.82 Å². The largest absolute Gasteiger partial charge is 0.384 e. The van der Waals surface area contributed by atoms with Crippen LogP contribution in [0.2, 0.25) is 0 Å². The summed E-state index contributed by atoms with van der Waals surface area (Å²) in [7, 11) is 0. The molecule has 1 heterocycles. The zero-order valence-electron chi connectivity index (χ0n) is 11.9. The number of carbonyl (C=O) groups is 1. The lowest BCUT2D eigenvalue weighted by atomic mass is 10.1. The summed E-state index contributed by atoms with van der Waals surface area (Å²) in [6.45, 7) is 6.98. The molecule has 0 atom stereocenters. The van der Waals surface area contributed by atoms with E-state index in [1.54, 1.807) is 12.1 Å². The minimum Gasteiger partial charge on any atom is -0.384 e. The molecule has 0 saturated heterocycles. The molecule has 0 saturated carbocycles. The highest BCUT2D eigenvalue weighted by atomic mass is 16.5. The number of nitrogens with zero attached hydrogens (tertiary/aromatic N) is 1. The summed E-state index contributed by atoms with van der Waals surface area (Å²) in [6.07, 6.45) is 1.96. The van der Waals surface area contributed by atoms with Gasteiger partial charge in [0.05, 0.1) is 12.7 Å². The van der Waals surface area contributed by atoms with Crippen LogP contribution in [0, 0.1) is 0 Å². The van der Waals surface area contributed by atoms with Crippen LogP contribution < -0.4 is 11.1 Å². The second-order valence-corrected chi connectivity index (χ2v) is 4.70. The lowest BCUT2D eigenvalue weighted by Gasteiger charge is -2.09.